The number of benzene rings is 2. The van der Waals surface area contributed by atoms with Crippen LogP contribution in [0.25, 0.3) is 0 Å². The molecule has 1 aliphatic rings. The fourth-order valence-electron chi connectivity index (χ4n) is 3.19. The van der Waals surface area contributed by atoms with Gasteiger partial charge < -0.3 is 15.0 Å². The lowest BCUT2D eigenvalue weighted by Gasteiger charge is -2.19. The summed E-state index contributed by atoms with van der Waals surface area (Å²) in [6.07, 6.45) is 0.983. The standard InChI is InChI=1S/C20H21N3O5/c1-3-13-4-6-15(7-5-13)21-20(25)14-10-19(24)22(12-14)17-9-8-16(23(26)27)11-18(17)28-2/h4-9,11,14H,3,10,12H2,1-2H3,(H,21,25)/t14-/m0/s1. The summed E-state index contributed by atoms with van der Waals surface area (Å²) in [7, 11) is 1.38. The van der Waals surface area contributed by atoms with Gasteiger partial charge in [-0.1, -0.05) is 19.1 Å². The van der Waals surface area contributed by atoms with Gasteiger partial charge >= 0.3 is 0 Å². The summed E-state index contributed by atoms with van der Waals surface area (Å²) in [4.78, 5) is 36.9. The minimum Gasteiger partial charge on any atom is -0.494 e. The van der Waals surface area contributed by atoms with Crippen molar-refractivity contribution >= 4 is 28.9 Å². The van der Waals surface area contributed by atoms with Crippen LogP contribution in [-0.2, 0) is 16.0 Å². The third kappa shape index (κ3) is 3.95. The molecule has 8 nitrogen and oxygen atoms in total. The number of carbonyl (C=O) groups is 2. The van der Waals surface area contributed by atoms with E-state index in [1.54, 1.807) is 0 Å². The zero-order valence-electron chi connectivity index (χ0n) is 15.7. The lowest BCUT2D eigenvalue weighted by molar-refractivity contribution is -0.384. The molecule has 28 heavy (non-hydrogen) atoms. The van der Waals surface area contributed by atoms with Gasteiger partial charge in [-0.15, -0.1) is 0 Å². The van der Waals surface area contributed by atoms with Crippen molar-refractivity contribution in [2.24, 2.45) is 5.92 Å². The Bertz CT molecular complexity index is 911. The second-order valence-corrected chi connectivity index (χ2v) is 6.56. The van der Waals surface area contributed by atoms with Crippen LogP contribution in [0.3, 0.4) is 0 Å². The predicted molar refractivity (Wildman–Crippen MR) is 105 cm³/mol. The molecule has 0 aliphatic carbocycles. The number of methoxy groups -OCH3 is 1. The summed E-state index contributed by atoms with van der Waals surface area (Å²) in [6.45, 7) is 2.24. The van der Waals surface area contributed by atoms with Crippen molar-refractivity contribution in [2.75, 3.05) is 23.9 Å². The average molecular weight is 383 g/mol. The molecule has 8 heteroatoms. The van der Waals surface area contributed by atoms with E-state index in [2.05, 4.69) is 12.2 Å². The van der Waals surface area contributed by atoms with Crippen molar-refractivity contribution < 1.29 is 19.2 Å². The third-order valence-electron chi connectivity index (χ3n) is 4.79. The summed E-state index contributed by atoms with van der Waals surface area (Å²) in [6, 6.07) is 11.6. The van der Waals surface area contributed by atoms with E-state index < -0.39 is 10.8 Å². The van der Waals surface area contributed by atoms with Crippen LogP contribution in [0.5, 0.6) is 5.75 Å². The molecule has 2 aromatic carbocycles. The maximum atomic E-state index is 12.6. The van der Waals surface area contributed by atoms with Gasteiger partial charge in [-0.2, -0.15) is 0 Å². The molecule has 0 bridgehead atoms. The molecule has 1 aliphatic heterocycles. The molecule has 1 fully saturated rings. The number of nitro groups is 1. The molecule has 146 valence electrons. The van der Waals surface area contributed by atoms with Crippen LogP contribution < -0.4 is 15.0 Å². The first-order valence-electron chi connectivity index (χ1n) is 8.95. The Morgan fingerprint density at radius 3 is 2.61 bits per heavy atom. The highest BCUT2D eigenvalue weighted by Crippen LogP contribution is 2.36. The van der Waals surface area contributed by atoms with E-state index >= 15 is 0 Å². The maximum absolute atomic E-state index is 12.6. The molecule has 0 spiro atoms. The van der Waals surface area contributed by atoms with Crippen LogP contribution in [0.1, 0.15) is 18.9 Å². The number of rotatable bonds is 6. The van der Waals surface area contributed by atoms with E-state index in [1.165, 1.54) is 35.8 Å². The van der Waals surface area contributed by atoms with E-state index in [1.807, 2.05) is 24.3 Å². The van der Waals surface area contributed by atoms with Crippen molar-refractivity contribution in [1.29, 1.82) is 0 Å². The van der Waals surface area contributed by atoms with E-state index in [0.29, 0.717) is 11.4 Å². The number of non-ortho nitro benzene ring substituents is 1. The number of hydrogen-bond donors (Lipinski definition) is 1. The van der Waals surface area contributed by atoms with Gasteiger partial charge in [0.15, 0.2) is 0 Å². The number of carbonyl (C=O) groups excluding carboxylic acids is 2. The third-order valence-corrected chi connectivity index (χ3v) is 4.79. The maximum Gasteiger partial charge on any atom is 0.273 e. The number of aryl methyl sites for hydroxylation is 1. The fraction of sp³-hybridized carbons (Fsp3) is 0.300. The van der Waals surface area contributed by atoms with Crippen LogP contribution in [0.4, 0.5) is 17.1 Å². The van der Waals surface area contributed by atoms with Gasteiger partial charge in [-0.25, -0.2) is 0 Å². The highest BCUT2D eigenvalue weighted by Gasteiger charge is 2.36. The molecule has 0 saturated carbocycles. The van der Waals surface area contributed by atoms with Gasteiger partial charge in [0, 0.05) is 24.7 Å². The molecule has 2 amide bonds. The zero-order valence-corrected chi connectivity index (χ0v) is 15.7. The first-order chi connectivity index (χ1) is 13.4. The molecule has 0 unspecified atom stereocenters. The Kier molecular flexibility index (Phi) is 5.58. The number of nitrogens with zero attached hydrogens (tertiary/aromatic N) is 2. The summed E-state index contributed by atoms with van der Waals surface area (Å²) >= 11 is 0. The first kappa shape index (κ1) is 19.3. The summed E-state index contributed by atoms with van der Waals surface area (Å²) in [5.74, 6) is -0.758. The topological polar surface area (TPSA) is 102 Å². The van der Waals surface area contributed by atoms with Crippen molar-refractivity contribution in [3.05, 3.63) is 58.1 Å². The van der Waals surface area contributed by atoms with Gasteiger partial charge in [0.2, 0.25) is 11.8 Å². The van der Waals surface area contributed by atoms with Gasteiger partial charge in [0.05, 0.1) is 29.7 Å². The second kappa shape index (κ2) is 8.08. The summed E-state index contributed by atoms with van der Waals surface area (Å²) < 4.78 is 5.21. The molecule has 2 aromatic rings. The Balaban J connectivity index is 1.74. The number of ether oxygens (including phenoxy) is 1. The Morgan fingerprint density at radius 1 is 1.29 bits per heavy atom. The normalized spacial score (nSPS) is 16.1. The molecular weight excluding hydrogens is 362 g/mol. The minimum absolute atomic E-state index is 0.0685. The molecule has 1 N–H and O–H groups in total. The summed E-state index contributed by atoms with van der Waals surface area (Å²) in [5, 5.41) is 13.8. The van der Waals surface area contributed by atoms with Crippen LogP contribution in [0.2, 0.25) is 0 Å². The van der Waals surface area contributed by atoms with Gasteiger partial charge in [0.1, 0.15) is 5.75 Å². The van der Waals surface area contributed by atoms with Gasteiger partial charge in [0.25, 0.3) is 5.69 Å². The predicted octanol–water partition coefficient (Wildman–Crippen LogP) is 3.16. The second-order valence-electron chi connectivity index (χ2n) is 6.56. The highest BCUT2D eigenvalue weighted by molar-refractivity contribution is 6.04. The molecule has 0 radical (unpaired) electrons. The SMILES string of the molecule is CCc1ccc(NC(=O)[C@H]2CC(=O)N(c3ccc([N+](=O)[O-])cc3OC)C2)cc1. The quantitative estimate of drug-likeness (QED) is 0.610. The first-order valence-corrected chi connectivity index (χ1v) is 8.95. The van der Waals surface area contributed by atoms with E-state index in [-0.39, 0.29) is 36.2 Å². The number of anilines is 2. The van der Waals surface area contributed by atoms with Crippen molar-refractivity contribution in [2.45, 2.75) is 19.8 Å². The van der Waals surface area contributed by atoms with Gasteiger partial charge in [-0.05, 0) is 30.2 Å². The Hall–Kier alpha value is -3.42. The number of amides is 2. The molecule has 3 rings (SSSR count). The largest absolute Gasteiger partial charge is 0.494 e. The van der Waals surface area contributed by atoms with Crippen molar-refractivity contribution in [3.8, 4) is 5.75 Å². The molecular formula is C20H21N3O5. The van der Waals surface area contributed by atoms with Gasteiger partial charge in [-0.3, -0.25) is 19.7 Å². The molecule has 1 heterocycles. The van der Waals surface area contributed by atoms with Crippen LogP contribution >= 0.6 is 0 Å². The summed E-state index contributed by atoms with van der Waals surface area (Å²) in [5.41, 5.74) is 2.14. The lowest BCUT2D eigenvalue weighted by Crippen LogP contribution is -2.28. The molecule has 1 saturated heterocycles. The van der Waals surface area contributed by atoms with E-state index in [9.17, 15) is 19.7 Å². The number of nitrogens with one attached hydrogen (secondary N) is 1. The van der Waals surface area contributed by atoms with Crippen LogP contribution in [0.15, 0.2) is 42.5 Å². The molecule has 1 atom stereocenters. The van der Waals surface area contributed by atoms with Crippen LogP contribution in [-0.4, -0.2) is 30.4 Å². The Morgan fingerprint density at radius 2 is 2.00 bits per heavy atom. The fourth-order valence-corrected chi connectivity index (χ4v) is 3.19. The Labute approximate surface area is 162 Å². The number of nitro benzene ring substituents is 1. The van der Waals surface area contributed by atoms with Crippen molar-refractivity contribution in [1.82, 2.24) is 0 Å². The lowest BCUT2D eigenvalue weighted by atomic mass is 10.1. The van der Waals surface area contributed by atoms with Crippen molar-refractivity contribution in [3.63, 3.8) is 0 Å². The molecule has 0 aromatic heterocycles. The smallest absolute Gasteiger partial charge is 0.273 e. The highest BCUT2D eigenvalue weighted by atomic mass is 16.6. The average Bonchev–Trinajstić information content (AvgIpc) is 3.09. The van der Waals surface area contributed by atoms with Crippen LogP contribution in [0, 0.1) is 16.0 Å². The monoisotopic (exact) mass is 383 g/mol. The van der Waals surface area contributed by atoms with E-state index in [0.717, 1.165) is 6.42 Å². The minimum atomic E-state index is -0.530. The van der Waals surface area contributed by atoms with E-state index in [4.69, 9.17) is 4.74 Å². The number of hydrogen-bond acceptors (Lipinski definition) is 5. The zero-order chi connectivity index (χ0) is 20.3.